The molecule has 31 heavy (non-hydrogen) atoms. The largest absolute Gasteiger partial charge is 0.466 e. The Kier molecular flexibility index (Phi) is 5.81. The number of hydrogen-bond acceptors (Lipinski definition) is 4. The zero-order valence-corrected chi connectivity index (χ0v) is 18.1. The first-order valence-corrected chi connectivity index (χ1v) is 11.5. The Morgan fingerprint density at radius 2 is 1.90 bits per heavy atom. The molecule has 1 aliphatic carbocycles. The minimum atomic E-state index is -0.198. The summed E-state index contributed by atoms with van der Waals surface area (Å²) in [5.41, 5.74) is 4.83. The van der Waals surface area contributed by atoms with Gasteiger partial charge in [-0.25, -0.2) is 4.39 Å². The first-order chi connectivity index (χ1) is 15.1. The zero-order chi connectivity index (χ0) is 21.4. The van der Waals surface area contributed by atoms with E-state index in [0.29, 0.717) is 6.61 Å². The van der Waals surface area contributed by atoms with Gasteiger partial charge in [-0.05, 0) is 80.1 Å². The Morgan fingerprint density at radius 1 is 1.13 bits per heavy atom. The molecule has 2 aromatic rings. The molecule has 0 spiro atoms. The molecule has 0 radical (unpaired) electrons. The van der Waals surface area contributed by atoms with Crippen LogP contribution in [0.5, 0.6) is 0 Å². The van der Waals surface area contributed by atoms with E-state index in [0.717, 1.165) is 56.4 Å². The van der Waals surface area contributed by atoms with E-state index in [1.165, 1.54) is 11.1 Å². The topological polar surface area (TPSA) is 38.8 Å². The Balaban J connectivity index is 1.32. The number of esters is 1. The smallest absolute Gasteiger partial charge is 0.309 e. The molecule has 3 atom stereocenters. The molecule has 2 saturated heterocycles. The van der Waals surface area contributed by atoms with Crippen LogP contribution in [0.1, 0.15) is 60.5 Å². The second-order valence-electron chi connectivity index (χ2n) is 9.07. The molecule has 5 rings (SSSR count). The second-order valence-corrected chi connectivity index (χ2v) is 9.07. The van der Waals surface area contributed by atoms with Crippen LogP contribution < -0.4 is 0 Å². The van der Waals surface area contributed by atoms with Crippen LogP contribution in [0, 0.1) is 11.7 Å². The summed E-state index contributed by atoms with van der Waals surface area (Å²) in [5, 5.41) is 0. The lowest BCUT2D eigenvalue weighted by Gasteiger charge is -2.32. The molecule has 2 heterocycles. The van der Waals surface area contributed by atoms with Crippen LogP contribution in [0.25, 0.3) is 0 Å². The third kappa shape index (κ3) is 4.13. The molecule has 0 bridgehead atoms. The van der Waals surface area contributed by atoms with Crippen molar-refractivity contribution >= 4 is 5.97 Å². The average Bonchev–Trinajstić information content (AvgIpc) is 3.14. The van der Waals surface area contributed by atoms with Crippen molar-refractivity contribution < 1.29 is 18.7 Å². The third-order valence-corrected chi connectivity index (χ3v) is 7.14. The molecule has 5 heteroatoms. The minimum absolute atomic E-state index is 0.0218. The minimum Gasteiger partial charge on any atom is -0.466 e. The maximum absolute atomic E-state index is 14.1. The summed E-state index contributed by atoms with van der Waals surface area (Å²) in [7, 11) is 0. The first-order valence-electron chi connectivity index (χ1n) is 11.5. The van der Waals surface area contributed by atoms with Gasteiger partial charge in [-0.1, -0.05) is 30.3 Å². The van der Waals surface area contributed by atoms with Gasteiger partial charge >= 0.3 is 5.97 Å². The summed E-state index contributed by atoms with van der Waals surface area (Å²) in [6.07, 6.45) is 3.46. The van der Waals surface area contributed by atoms with E-state index in [-0.39, 0.29) is 35.8 Å². The molecule has 2 aliphatic heterocycles. The fourth-order valence-electron chi connectivity index (χ4n) is 5.62. The van der Waals surface area contributed by atoms with Crippen molar-refractivity contribution in [2.75, 3.05) is 26.2 Å². The number of likely N-dealkylation sites (tertiary alicyclic amines) is 1. The van der Waals surface area contributed by atoms with E-state index in [9.17, 15) is 9.18 Å². The molecule has 164 valence electrons. The number of hydrogen-bond donors (Lipinski definition) is 0. The Labute approximate surface area is 183 Å². The molecule has 2 fully saturated rings. The van der Waals surface area contributed by atoms with Crippen LogP contribution in [0.3, 0.4) is 0 Å². The fourth-order valence-corrected chi connectivity index (χ4v) is 5.62. The van der Waals surface area contributed by atoms with Crippen molar-refractivity contribution in [2.45, 2.75) is 50.7 Å². The highest BCUT2D eigenvalue weighted by molar-refractivity contribution is 5.72. The summed E-state index contributed by atoms with van der Waals surface area (Å²) in [6, 6.07) is 13.7. The number of piperidine rings is 1. The van der Waals surface area contributed by atoms with Gasteiger partial charge < -0.3 is 14.4 Å². The van der Waals surface area contributed by atoms with E-state index in [1.54, 1.807) is 12.1 Å². The van der Waals surface area contributed by atoms with Gasteiger partial charge in [0, 0.05) is 12.5 Å². The molecule has 3 aliphatic rings. The Bertz CT molecular complexity index is 953. The number of nitrogens with zero attached hydrogens (tertiary/aromatic N) is 1. The van der Waals surface area contributed by atoms with Gasteiger partial charge in [-0.15, -0.1) is 0 Å². The van der Waals surface area contributed by atoms with Crippen LogP contribution >= 0.6 is 0 Å². The van der Waals surface area contributed by atoms with Gasteiger partial charge in [0.15, 0.2) is 0 Å². The lowest BCUT2D eigenvalue weighted by Crippen LogP contribution is -2.40. The van der Waals surface area contributed by atoms with Crippen molar-refractivity contribution in [3.05, 3.63) is 70.5 Å². The van der Waals surface area contributed by atoms with Crippen molar-refractivity contribution in [3.8, 4) is 0 Å². The molecule has 0 aromatic heterocycles. The van der Waals surface area contributed by atoms with E-state index >= 15 is 0 Å². The van der Waals surface area contributed by atoms with E-state index in [2.05, 4.69) is 29.2 Å². The van der Waals surface area contributed by atoms with Crippen LogP contribution in [0.4, 0.5) is 4.39 Å². The molecule has 4 nitrogen and oxygen atoms in total. The van der Waals surface area contributed by atoms with E-state index in [1.807, 2.05) is 13.0 Å². The van der Waals surface area contributed by atoms with Gasteiger partial charge in [0.2, 0.25) is 0 Å². The average molecular weight is 424 g/mol. The number of carbonyl (C=O) groups is 1. The quantitative estimate of drug-likeness (QED) is 0.673. The van der Waals surface area contributed by atoms with Gasteiger partial charge in [0.1, 0.15) is 5.82 Å². The zero-order valence-electron chi connectivity index (χ0n) is 18.1. The molecular weight excluding hydrogens is 393 g/mol. The first kappa shape index (κ1) is 20.7. The number of fused-ring (bicyclic) bond motifs is 5. The number of halogens is 1. The molecule has 0 saturated carbocycles. The highest BCUT2D eigenvalue weighted by atomic mass is 19.1. The van der Waals surface area contributed by atoms with E-state index < -0.39 is 0 Å². The third-order valence-electron chi connectivity index (χ3n) is 7.14. The predicted molar refractivity (Wildman–Crippen MR) is 116 cm³/mol. The number of ether oxygens (including phenoxy) is 2. The molecular formula is C26H30FNO3. The van der Waals surface area contributed by atoms with Gasteiger partial charge in [-0.2, -0.15) is 0 Å². The van der Waals surface area contributed by atoms with Crippen LogP contribution in [0.15, 0.2) is 42.5 Å². The maximum atomic E-state index is 14.1. The predicted octanol–water partition coefficient (Wildman–Crippen LogP) is 4.62. The molecule has 2 aromatic carbocycles. The number of carbonyl (C=O) groups excluding carboxylic acids is 1. The summed E-state index contributed by atoms with van der Waals surface area (Å²) < 4.78 is 25.9. The summed E-state index contributed by atoms with van der Waals surface area (Å²) in [5.74, 6) is 0.0168. The Morgan fingerprint density at radius 3 is 2.71 bits per heavy atom. The van der Waals surface area contributed by atoms with Crippen LogP contribution in [-0.2, 0) is 20.7 Å². The second kappa shape index (κ2) is 8.71. The molecule has 0 amide bonds. The lowest BCUT2D eigenvalue weighted by atomic mass is 9.87. The van der Waals surface area contributed by atoms with E-state index in [4.69, 9.17) is 9.47 Å². The SMILES string of the molecule is CCOC(=O)C1CCN(C[C@@H]2C[C@@H]3c4ccccc4Cc4ccc(F)cc4[C@@H]3O2)CC1. The molecule has 0 N–H and O–H groups in total. The lowest BCUT2D eigenvalue weighted by molar-refractivity contribution is -0.149. The van der Waals surface area contributed by atoms with Gasteiger partial charge in [-0.3, -0.25) is 4.79 Å². The maximum Gasteiger partial charge on any atom is 0.309 e. The fraction of sp³-hybridized carbons (Fsp3) is 0.500. The van der Waals surface area contributed by atoms with Crippen molar-refractivity contribution in [1.82, 2.24) is 4.90 Å². The van der Waals surface area contributed by atoms with Crippen LogP contribution in [-0.4, -0.2) is 43.2 Å². The van der Waals surface area contributed by atoms with Crippen molar-refractivity contribution in [3.63, 3.8) is 0 Å². The van der Waals surface area contributed by atoms with Crippen molar-refractivity contribution in [2.24, 2.45) is 5.92 Å². The Hall–Kier alpha value is -2.24. The standard InChI is InChI=1S/C26H30FNO3/c1-2-30-26(29)17-9-11-28(12-10-17)16-21-15-24-22-6-4-3-5-18(22)13-19-7-8-20(27)14-23(19)25(24)31-21/h3-8,14,17,21,24-25H,2,9-13,15-16H2,1H3/t21-,24+,25-/m0/s1. The van der Waals surface area contributed by atoms with Gasteiger partial charge in [0.05, 0.1) is 24.7 Å². The summed E-state index contributed by atoms with van der Waals surface area (Å²) in [6.45, 7) is 4.94. The molecule has 0 unspecified atom stereocenters. The highest BCUT2D eigenvalue weighted by Gasteiger charge is 2.41. The number of rotatable bonds is 4. The summed E-state index contributed by atoms with van der Waals surface area (Å²) >= 11 is 0. The normalized spacial score (nSPS) is 25.9. The van der Waals surface area contributed by atoms with Crippen molar-refractivity contribution in [1.29, 1.82) is 0 Å². The monoisotopic (exact) mass is 423 g/mol. The van der Waals surface area contributed by atoms with Gasteiger partial charge in [0.25, 0.3) is 0 Å². The van der Waals surface area contributed by atoms with Crippen LogP contribution in [0.2, 0.25) is 0 Å². The summed E-state index contributed by atoms with van der Waals surface area (Å²) in [4.78, 5) is 14.4. The highest BCUT2D eigenvalue weighted by Crippen LogP contribution is 2.49. The number of benzene rings is 2.